The summed E-state index contributed by atoms with van der Waals surface area (Å²) in [4.78, 5) is 23.2. The van der Waals surface area contributed by atoms with Gasteiger partial charge in [-0.3, -0.25) is 9.59 Å². The Labute approximate surface area is 167 Å². The predicted molar refractivity (Wildman–Crippen MR) is 112 cm³/mol. The minimum absolute atomic E-state index is 0.124. The summed E-state index contributed by atoms with van der Waals surface area (Å²) in [6.07, 6.45) is 17.1. The maximum atomic E-state index is 11.7. The lowest BCUT2D eigenvalue weighted by Crippen LogP contribution is -2.14. The Bertz CT molecular complexity index is 379. The molecule has 0 saturated heterocycles. The molecular weight excluding hydrogens is 340 g/mol. The van der Waals surface area contributed by atoms with E-state index in [1.807, 2.05) is 6.92 Å². The fourth-order valence-electron chi connectivity index (χ4n) is 2.95. The number of unbranched alkanes of at least 4 members (excludes halogenated alkanes) is 10. The van der Waals surface area contributed by atoms with Crippen LogP contribution in [-0.4, -0.2) is 24.6 Å². The largest absolute Gasteiger partial charge is 0.466 e. The van der Waals surface area contributed by atoms with Gasteiger partial charge in [-0.25, -0.2) is 0 Å². The Hall–Kier alpha value is -1.32. The monoisotopic (exact) mass is 382 g/mol. The fourth-order valence-corrected chi connectivity index (χ4v) is 2.95. The Morgan fingerprint density at radius 3 is 1.89 bits per heavy atom. The van der Waals surface area contributed by atoms with Crippen molar-refractivity contribution in [3.63, 3.8) is 0 Å². The zero-order valence-corrected chi connectivity index (χ0v) is 17.8. The van der Waals surface area contributed by atoms with Crippen LogP contribution in [0.25, 0.3) is 0 Å². The van der Waals surface area contributed by atoms with Crippen LogP contribution in [-0.2, 0) is 19.1 Å². The molecule has 0 rings (SSSR count). The molecular formula is C23H42O4. The van der Waals surface area contributed by atoms with Crippen LogP contribution in [0.4, 0.5) is 0 Å². The summed E-state index contributed by atoms with van der Waals surface area (Å²) >= 11 is 0. The van der Waals surface area contributed by atoms with Crippen LogP contribution < -0.4 is 0 Å². The quantitative estimate of drug-likeness (QED) is 0.145. The molecule has 0 aromatic rings. The molecule has 1 atom stereocenters. The first-order valence-corrected chi connectivity index (χ1v) is 11.1. The van der Waals surface area contributed by atoms with E-state index in [1.165, 1.54) is 51.4 Å². The van der Waals surface area contributed by atoms with E-state index < -0.39 is 0 Å². The van der Waals surface area contributed by atoms with Crippen LogP contribution >= 0.6 is 0 Å². The molecule has 0 aliphatic rings. The third kappa shape index (κ3) is 19.3. The van der Waals surface area contributed by atoms with Gasteiger partial charge in [0.05, 0.1) is 6.61 Å². The van der Waals surface area contributed by atoms with Gasteiger partial charge < -0.3 is 9.47 Å². The van der Waals surface area contributed by atoms with Gasteiger partial charge in [0.1, 0.15) is 6.10 Å². The van der Waals surface area contributed by atoms with Crippen LogP contribution in [0.15, 0.2) is 12.7 Å². The molecule has 158 valence electrons. The number of hydrogen-bond acceptors (Lipinski definition) is 4. The molecule has 0 spiro atoms. The second-order valence-corrected chi connectivity index (χ2v) is 7.43. The van der Waals surface area contributed by atoms with Crippen molar-refractivity contribution in [1.82, 2.24) is 0 Å². The maximum absolute atomic E-state index is 11.7. The van der Waals surface area contributed by atoms with Gasteiger partial charge in [0.2, 0.25) is 0 Å². The third-order valence-electron chi connectivity index (χ3n) is 4.60. The first-order chi connectivity index (χ1) is 13.1. The van der Waals surface area contributed by atoms with Gasteiger partial charge >= 0.3 is 11.9 Å². The number of esters is 2. The van der Waals surface area contributed by atoms with E-state index in [9.17, 15) is 9.59 Å². The molecule has 0 N–H and O–H groups in total. The molecule has 4 nitrogen and oxygen atoms in total. The normalized spacial score (nSPS) is 11.8. The number of carbonyl (C=O) groups is 2. The van der Waals surface area contributed by atoms with E-state index in [0.717, 1.165) is 12.8 Å². The Morgan fingerprint density at radius 2 is 1.33 bits per heavy atom. The summed E-state index contributed by atoms with van der Waals surface area (Å²) < 4.78 is 10.5. The van der Waals surface area contributed by atoms with E-state index in [0.29, 0.717) is 38.7 Å². The molecule has 4 heteroatoms. The second-order valence-electron chi connectivity index (χ2n) is 7.43. The molecule has 27 heavy (non-hydrogen) atoms. The van der Waals surface area contributed by atoms with Crippen molar-refractivity contribution in [2.24, 2.45) is 0 Å². The number of carbonyl (C=O) groups excluding carboxylic acids is 2. The average Bonchev–Trinajstić information content (AvgIpc) is 2.63. The number of rotatable bonds is 19. The first-order valence-electron chi connectivity index (χ1n) is 11.1. The highest BCUT2D eigenvalue weighted by Gasteiger charge is 2.09. The number of ether oxygens (including phenoxy) is 2. The lowest BCUT2D eigenvalue weighted by Gasteiger charge is -2.10. The molecule has 0 fully saturated rings. The molecule has 0 aromatic heterocycles. The van der Waals surface area contributed by atoms with E-state index in [2.05, 4.69) is 13.5 Å². The minimum Gasteiger partial charge on any atom is -0.466 e. The molecule has 0 amide bonds. The lowest BCUT2D eigenvalue weighted by molar-refractivity contribution is -0.149. The van der Waals surface area contributed by atoms with Gasteiger partial charge in [0, 0.05) is 19.3 Å². The van der Waals surface area contributed by atoms with E-state index in [4.69, 9.17) is 9.47 Å². The molecule has 0 bridgehead atoms. The SMILES string of the molecule is C=CCC(C)OC(=O)CCCCC(=O)OCCCCCCCCCCCC. The fraction of sp³-hybridized carbons (Fsp3) is 0.826. The van der Waals surface area contributed by atoms with Gasteiger partial charge in [-0.2, -0.15) is 0 Å². The summed E-state index contributed by atoms with van der Waals surface area (Å²) in [6.45, 7) is 8.24. The van der Waals surface area contributed by atoms with Gasteiger partial charge in [-0.1, -0.05) is 70.8 Å². The third-order valence-corrected chi connectivity index (χ3v) is 4.60. The highest BCUT2D eigenvalue weighted by molar-refractivity contribution is 5.70. The maximum Gasteiger partial charge on any atom is 0.306 e. The van der Waals surface area contributed by atoms with Crippen molar-refractivity contribution in [1.29, 1.82) is 0 Å². The molecule has 0 aromatic carbocycles. The van der Waals surface area contributed by atoms with Crippen LogP contribution in [0.5, 0.6) is 0 Å². The van der Waals surface area contributed by atoms with Gasteiger partial charge in [-0.15, -0.1) is 6.58 Å². The molecule has 0 aliphatic heterocycles. The first kappa shape index (κ1) is 25.7. The average molecular weight is 383 g/mol. The zero-order chi connectivity index (χ0) is 20.2. The zero-order valence-electron chi connectivity index (χ0n) is 17.8. The summed E-state index contributed by atoms with van der Waals surface area (Å²) in [6, 6.07) is 0. The highest BCUT2D eigenvalue weighted by Crippen LogP contribution is 2.11. The van der Waals surface area contributed by atoms with E-state index in [1.54, 1.807) is 6.08 Å². The molecule has 1 unspecified atom stereocenters. The summed E-state index contributed by atoms with van der Waals surface area (Å²) in [7, 11) is 0. The van der Waals surface area contributed by atoms with Crippen molar-refractivity contribution < 1.29 is 19.1 Å². The van der Waals surface area contributed by atoms with Crippen LogP contribution in [0.2, 0.25) is 0 Å². The van der Waals surface area contributed by atoms with Gasteiger partial charge in [0.15, 0.2) is 0 Å². The molecule has 0 heterocycles. The second kappa shape index (κ2) is 19.4. The van der Waals surface area contributed by atoms with Crippen LogP contribution in [0.1, 0.15) is 110 Å². The van der Waals surface area contributed by atoms with Crippen molar-refractivity contribution >= 4 is 11.9 Å². The van der Waals surface area contributed by atoms with Gasteiger partial charge in [-0.05, 0) is 26.2 Å². The Balaban J connectivity index is 3.35. The molecule has 0 aliphatic carbocycles. The molecule has 0 saturated carbocycles. The summed E-state index contributed by atoms with van der Waals surface area (Å²) in [5, 5.41) is 0. The predicted octanol–water partition coefficient (Wildman–Crippen LogP) is 6.52. The smallest absolute Gasteiger partial charge is 0.306 e. The summed E-state index contributed by atoms with van der Waals surface area (Å²) in [5.41, 5.74) is 0. The minimum atomic E-state index is -0.205. The van der Waals surface area contributed by atoms with Crippen LogP contribution in [0, 0.1) is 0 Å². The van der Waals surface area contributed by atoms with E-state index >= 15 is 0 Å². The molecule has 0 radical (unpaired) electrons. The number of hydrogen-bond donors (Lipinski definition) is 0. The Morgan fingerprint density at radius 1 is 0.815 bits per heavy atom. The van der Waals surface area contributed by atoms with Gasteiger partial charge in [0.25, 0.3) is 0 Å². The van der Waals surface area contributed by atoms with Crippen molar-refractivity contribution in [2.45, 2.75) is 116 Å². The standard InChI is InChI=1S/C23H42O4/c1-4-6-7-8-9-10-11-12-13-16-20-26-22(24)18-14-15-19-23(25)27-21(3)17-5-2/h5,21H,2,4,6-20H2,1,3H3. The van der Waals surface area contributed by atoms with E-state index in [-0.39, 0.29) is 18.0 Å². The summed E-state index contributed by atoms with van der Waals surface area (Å²) in [5.74, 6) is -0.359. The van der Waals surface area contributed by atoms with Crippen molar-refractivity contribution in [2.75, 3.05) is 6.61 Å². The van der Waals surface area contributed by atoms with Crippen molar-refractivity contribution in [3.05, 3.63) is 12.7 Å². The van der Waals surface area contributed by atoms with Crippen LogP contribution in [0.3, 0.4) is 0 Å². The topological polar surface area (TPSA) is 52.6 Å². The lowest BCUT2D eigenvalue weighted by atomic mass is 10.1. The van der Waals surface area contributed by atoms with Crippen molar-refractivity contribution in [3.8, 4) is 0 Å². The highest BCUT2D eigenvalue weighted by atomic mass is 16.5. The Kier molecular flexibility index (Phi) is 18.5.